The molecule has 1 aliphatic heterocycles. The van der Waals surface area contributed by atoms with E-state index in [0.29, 0.717) is 25.3 Å². The van der Waals surface area contributed by atoms with Gasteiger partial charge in [-0.1, -0.05) is 6.07 Å². The highest BCUT2D eigenvalue weighted by Crippen LogP contribution is 2.17. The Balaban J connectivity index is 1.40. The van der Waals surface area contributed by atoms with Crippen molar-refractivity contribution in [3.8, 4) is 11.5 Å². The number of carbonyl (C=O) groups is 1. The molecule has 0 unspecified atom stereocenters. The van der Waals surface area contributed by atoms with Gasteiger partial charge in [0, 0.05) is 31.7 Å². The van der Waals surface area contributed by atoms with Crippen molar-refractivity contribution < 1.29 is 18.7 Å². The fourth-order valence-electron chi connectivity index (χ4n) is 3.35. The number of amides is 1. The number of hydrogen-bond acceptors (Lipinski definition) is 4. The van der Waals surface area contributed by atoms with Crippen LogP contribution in [-0.2, 0) is 0 Å². The van der Waals surface area contributed by atoms with Crippen molar-refractivity contribution in [3.63, 3.8) is 0 Å². The number of hydrogen-bond donors (Lipinski definition) is 0. The van der Waals surface area contributed by atoms with Crippen LogP contribution in [0.25, 0.3) is 0 Å². The van der Waals surface area contributed by atoms with Gasteiger partial charge in [-0.2, -0.15) is 0 Å². The Labute approximate surface area is 165 Å². The molecule has 150 valence electrons. The van der Waals surface area contributed by atoms with Crippen LogP contribution in [0, 0.1) is 5.82 Å². The molecule has 0 N–H and O–H groups in total. The van der Waals surface area contributed by atoms with E-state index >= 15 is 0 Å². The first-order valence-electron chi connectivity index (χ1n) is 9.70. The van der Waals surface area contributed by atoms with Crippen molar-refractivity contribution in [1.29, 1.82) is 0 Å². The molecule has 0 spiro atoms. The smallest absolute Gasteiger partial charge is 0.254 e. The molecule has 2 aromatic rings. The molecule has 0 aliphatic carbocycles. The van der Waals surface area contributed by atoms with Crippen LogP contribution in [0.2, 0.25) is 0 Å². The molecule has 1 fully saturated rings. The summed E-state index contributed by atoms with van der Waals surface area (Å²) in [5, 5.41) is 0. The second kappa shape index (κ2) is 10.1. The third-order valence-corrected chi connectivity index (χ3v) is 4.89. The second-order valence-corrected chi connectivity index (χ2v) is 6.88. The maximum Gasteiger partial charge on any atom is 0.254 e. The van der Waals surface area contributed by atoms with E-state index in [0.717, 1.165) is 44.0 Å². The molecule has 1 heterocycles. The first kappa shape index (κ1) is 20.1. The van der Waals surface area contributed by atoms with Gasteiger partial charge in [0.2, 0.25) is 0 Å². The summed E-state index contributed by atoms with van der Waals surface area (Å²) in [6, 6.07) is 13.5. The van der Waals surface area contributed by atoms with E-state index in [1.54, 1.807) is 19.2 Å². The zero-order valence-corrected chi connectivity index (χ0v) is 16.3. The average molecular weight is 386 g/mol. The lowest BCUT2D eigenvalue weighted by Crippen LogP contribution is -2.35. The van der Waals surface area contributed by atoms with E-state index in [2.05, 4.69) is 4.90 Å². The molecule has 28 heavy (non-hydrogen) atoms. The molecule has 5 nitrogen and oxygen atoms in total. The minimum Gasteiger partial charge on any atom is -0.497 e. The van der Waals surface area contributed by atoms with Gasteiger partial charge in [0.05, 0.1) is 13.7 Å². The molecular weight excluding hydrogens is 359 g/mol. The quantitative estimate of drug-likeness (QED) is 0.684. The summed E-state index contributed by atoms with van der Waals surface area (Å²) in [7, 11) is 1.64. The average Bonchev–Trinajstić information content (AvgIpc) is 2.97. The standard InChI is InChI=1S/C22H27FN2O3/c1-27-20-7-9-21(10-8-20)28-16-4-12-24-11-3-13-25(15-14-24)22(26)18-5-2-6-19(23)17-18/h2,5-10,17H,3-4,11-16H2,1H3. The van der Waals surface area contributed by atoms with Crippen molar-refractivity contribution in [1.82, 2.24) is 9.80 Å². The third-order valence-electron chi connectivity index (χ3n) is 4.89. The summed E-state index contributed by atoms with van der Waals surface area (Å²) < 4.78 is 24.3. The number of nitrogens with zero attached hydrogens (tertiary/aromatic N) is 2. The Morgan fingerprint density at radius 1 is 1.04 bits per heavy atom. The number of carbonyl (C=O) groups excluding carboxylic acids is 1. The molecule has 3 rings (SSSR count). The number of rotatable bonds is 7. The summed E-state index contributed by atoms with van der Waals surface area (Å²) in [6.07, 6.45) is 1.84. The van der Waals surface area contributed by atoms with E-state index in [1.165, 1.54) is 12.1 Å². The Hall–Kier alpha value is -2.60. The van der Waals surface area contributed by atoms with Gasteiger partial charge in [-0.05, 0) is 61.9 Å². The van der Waals surface area contributed by atoms with Gasteiger partial charge in [-0.15, -0.1) is 0 Å². The van der Waals surface area contributed by atoms with Crippen LogP contribution in [0.3, 0.4) is 0 Å². The van der Waals surface area contributed by atoms with Crippen LogP contribution in [0.1, 0.15) is 23.2 Å². The van der Waals surface area contributed by atoms with Crippen LogP contribution in [0.5, 0.6) is 11.5 Å². The van der Waals surface area contributed by atoms with Crippen molar-refractivity contribution >= 4 is 5.91 Å². The van der Waals surface area contributed by atoms with Gasteiger partial charge in [0.15, 0.2) is 0 Å². The van der Waals surface area contributed by atoms with E-state index in [-0.39, 0.29) is 11.7 Å². The number of halogens is 1. The molecule has 0 bridgehead atoms. The molecular formula is C22H27FN2O3. The predicted molar refractivity (Wildman–Crippen MR) is 106 cm³/mol. The SMILES string of the molecule is COc1ccc(OCCCN2CCCN(C(=O)c3cccc(F)c3)CC2)cc1. The van der Waals surface area contributed by atoms with E-state index < -0.39 is 0 Å². The molecule has 6 heteroatoms. The Morgan fingerprint density at radius 3 is 2.57 bits per heavy atom. The molecule has 0 saturated carbocycles. The highest BCUT2D eigenvalue weighted by molar-refractivity contribution is 5.94. The Morgan fingerprint density at radius 2 is 1.82 bits per heavy atom. The third kappa shape index (κ3) is 5.70. The summed E-state index contributed by atoms with van der Waals surface area (Å²) in [6.45, 7) is 4.72. The first-order valence-corrected chi connectivity index (χ1v) is 9.70. The predicted octanol–water partition coefficient (Wildman–Crippen LogP) is 3.45. The van der Waals surface area contributed by atoms with Gasteiger partial charge in [-0.3, -0.25) is 4.79 Å². The monoisotopic (exact) mass is 386 g/mol. The second-order valence-electron chi connectivity index (χ2n) is 6.88. The fraction of sp³-hybridized carbons (Fsp3) is 0.409. The summed E-state index contributed by atoms with van der Waals surface area (Å²) in [5.41, 5.74) is 0.418. The summed E-state index contributed by atoms with van der Waals surface area (Å²) in [4.78, 5) is 16.8. The van der Waals surface area contributed by atoms with Crippen LogP contribution >= 0.6 is 0 Å². The number of benzene rings is 2. The minimum atomic E-state index is -0.376. The molecule has 2 aromatic carbocycles. The molecule has 1 saturated heterocycles. The van der Waals surface area contributed by atoms with E-state index in [4.69, 9.17) is 9.47 Å². The van der Waals surface area contributed by atoms with Crippen molar-refractivity contribution in [2.75, 3.05) is 46.4 Å². The molecule has 0 atom stereocenters. The number of ether oxygens (including phenoxy) is 2. The van der Waals surface area contributed by atoms with Crippen molar-refractivity contribution in [2.45, 2.75) is 12.8 Å². The minimum absolute atomic E-state index is 0.0933. The van der Waals surface area contributed by atoms with Crippen molar-refractivity contribution in [3.05, 3.63) is 59.9 Å². The van der Waals surface area contributed by atoms with Crippen LogP contribution in [0.15, 0.2) is 48.5 Å². The maximum absolute atomic E-state index is 13.4. The normalized spacial score (nSPS) is 15.1. The Kier molecular flexibility index (Phi) is 7.25. The van der Waals surface area contributed by atoms with Gasteiger partial charge >= 0.3 is 0 Å². The largest absolute Gasteiger partial charge is 0.497 e. The first-order chi connectivity index (χ1) is 13.7. The number of methoxy groups -OCH3 is 1. The Bertz CT molecular complexity index is 767. The topological polar surface area (TPSA) is 42.0 Å². The highest BCUT2D eigenvalue weighted by Gasteiger charge is 2.20. The lowest BCUT2D eigenvalue weighted by atomic mass is 10.2. The fourth-order valence-corrected chi connectivity index (χ4v) is 3.35. The van der Waals surface area contributed by atoms with Crippen molar-refractivity contribution in [2.24, 2.45) is 0 Å². The summed E-state index contributed by atoms with van der Waals surface area (Å²) in [5.74, 6) is 1.18. The highest BCUT2D eigenvalue weighted by atomic mass is 19.1. The molecule has 1 aliphatic rings. The lowest BCUT2D eigenvalue weighted by Gasteiger charge is -2.22. The lowest BCUT2D eigenvalue weighted by molar-refractivity contribution is 0.0760. The zero-order valence-electron chi connectivity index (χ0n) is 16.3. The van der Waals surface area contributed by atoms with Gasteiger partial charge < -0.3 is 19.3 Å². The molecule has 0 radical (unpaired) electrons. The molecule has 0 aromatic heterocycles. The van der Waals surface area contributed by atoms with E-state index in [1.807, 2.05) is 29.2 Å². The van der Waals surface area contributed by atoms with Crippen LogP contribution in [0.4, 0.5) is 4.39 Å². The zero-order chi connectivity index (χ0) is 19.8. The maximum atomic E-state index is 13.4. The van der Waals surface area contributed by atoms with Gasteiger partial charge in [-0.25, -0.2) is 4.39 Å². The van der Waals surface area contributed by atoms with E-state index in [9.17, 15) is 9.18 Å². The van der Waals surface area contributed by atoms with Crippen LogP contribution < -0.4 is 9.47 Å². The van der Waals surface area contributed by atoms with Gasteiger partial charge in [0.25, 0.3) is 5.91 Å². The summed E-state index contributed by atoms with van der Waals surface area (Å²) >= 11 is 0. The van der Waals surface area contributed by atoms with Crippen LogP contribution in [-0.4, -0.2) is 62.1 Å². The van der Waals surface area contributed by atoms with Gasteiger partial charge in [0.1, 0.15) is 17.3 Å². The molecule has 1 amide bonds.